The third-order valence-electron chi connectivity index (χ3n) is 4.79. The molecule has 0 aliphatic rings. The summed E-state index contributed by atoms with van der Waals surface area (Å²) in [4.78, 5) is 36.0. The number of aryl methyl sites for hydroxylation is 1. The van der Waals surface area contributed by atoms with Gasteiger partial charge in [0, 0.05) is 19.4 Å². The van der Waals surface area contributed by atoms with Gasteiger partial charge in [0.2, 0.25) is 5.91 Å². The molecular weight excluding hydrogens is 452 g/mol. The number of carbonyl (C=O) groups is 3. The minimum atomic E-state index is -0.874. The van der Waals surface area contributed by atoms with Crippen molar-refractivity contribution in [2.45, 2.75) is 51.7 Å². The number of nitrogens with one attached hydrogen (secondary N) is 2. The lowest BCUT2D eigenvalue weighted by atomic mass is 10.1. The number of ether oxygens (including phenoxy) is 3. The fourth-order valence-electron chi connectivity index (χ4n) is 3.10. The lowest BCUT2D eigenvalue weighted by Crippen LogP contribution is -2.49. The summed E-state index contributed by atoms with van der Waals surface area (Å²) in [5.41, 5.74) is 1.10. The van der Waals surface area contributed by atoms with E-state index in [2.05, 4.69) is 15.4 Å². The van der Waals surface area contributed by atoms with Crippen LogP contribution in [0.15, 0.2) is 48.5 Å². The summed E-state index contributed by atoms with van der Waals surface area (Å²) in [7, 11) is 1.37. The first kappa shape index (κ1) is 27.7. The Bertz CT molecular complexity index is 967. The third-order valence-corrected chi connectivity index (χ3v) is 4.79. The Kier molecular flexibility index (Phi) is 10.5. The first-order valence-corrected chi connectivity index (χ1v) is 11.4. The molecule has 2 aromatic rings. The van der Waals surface area contributed by atoms with Crippen LogP contribution in [-0.2, 0) is 31.9 Å². The van der Waals surface area contributed by atoms with E-state index in [-0.39, 0.29) is 25.5 Å². The second kappa shape index (κ2) is 13.3. The van der Waals surface area contributed by atoms with Crippen LogP contribution in [0.3, 0.4) is 0 Å². The lowest BCUT2D eigenvalue weighted by molar-refractivity contribution is -0.140. The summed E-state index contributed by atoms with van der Waals surface area (Å²) >= 11 is 0. The third kappa shape index (κ3) is 10.5. The second-order valence-corrected chi connectivity index (χ2v) is 8.88. The van der Waals surface area contributed by atoms with Crippen LogP contribution in [0.4, 0.5) is 4.79 Å². The first-order chi connectivity index (χ1) is 16.6. The molecule has 0 radical (unpaired) electrons. The zero-order valence-corrected chi connectivity index (χ0v) is 20.6. The summed E-state index contributed by atoms with van der Waals surface area (Å²) in [5.74, 6) is 0.585. The molecule has 0 aliphatic carbocycles. The molecule has 0 unspecified atom stereocenters. The molecule has 0 heterocycles. The van der Waals surface area contributed by atoms with Crippen LogP contribution in [0.1, 0.15) is 38.3 Å². The van der Waals surface area contributed by atoms with Gasteiger partial charge < -0.3 is 30.0 Å². The van der Waals surface area contributed by atoms with Gasteiger partial charge in [0.15, 0.2) is 0 Å². The van der Waals surface area contributed by atoms with Crippen molar-refractivity contribution in [2.24, 2.45) is 0 Å². The number of hydrogen-bond donors (Lipinski definition) is 3. The van der Waals surface area contributed by atoms with Crippen molar-refractivity contribution in [3.63, 3.8) is 0 Å². The highest BCUT2D eigenvalue weighted by Gasteiger charge is 2.24. The molecule has 1 atom stereocenters. The zero-order chi connectivity index (χ0) is 25.8. The van der Waals surface area contributed by atoms with Crippen molar-refractivity contribution >= 4 is 18.0 Å². The average Bonchev–Trinajstić information content (AvgIpc) is 2.81. The van der Waals surface area contributed by atoms with Crippen LogP contribution >= 0.6 is 0 Å². The number of hydrogen-bond acceptors (Lipinski definition) is 7. The first-order valence-electron chi connectivity index (χ1n) is 11.4. The van der Waals surface area contributed by atoms with Crippen LogP contribution in [0, 0.1) is 0 Å². The number of carbonyl (C=O) groups excluding carboxylic acids is 3. The second-order valence-electron chi connectivity index (χ2n) is 8.88. The highest BCUT2D eigenvalue weighted by molar-refractivity contribution is 5.86. The Morgan fingerprint density at radius 1 is 0.943 bits per heavy atom. The highest BCUT2D eigenvalue weighted by Crippen LogP contribution is 2.23. The number of benzene rings is 2. The minimum absolute atomic E-state index is 0.0829. The largest absolute Gasteiger partial charge is 0.469 e. The molecule has 0 aliphatic heterocycles. The van der Waals surface area contributed by atoms with Gasteiger partial charge in [-0.1, -0.05) is 24.3 Å². The van der Waals surface area contributed by atoms with Crippen LogP contribution < -0.4 is 15.4 Å². The maximum Gasteiger partial charge on any atom is 0.408 e. The van der Waals surface area contributed by atoms with Gasteiger partial charge in [-0.3, -0.25) is 9.59 Å². The van der Waals surface area contributed by atoms with Gasteiger partial charge in [0.1, 0.15) is 23.1 Å². The Labute approximate surface area is 205 Å². The molecule has 9 heteroatoms. The maximum absolute atomic E-state index is 12.5. The molecule has 2 aromatic carbocycles. The predicted octanol–water partition coefficient (Wildman–Crippen LogP) is 3.13. The van der Waals surface area contributed by atoms with Gasteiger partial charge in [-0.25, -0.2) is 4.79 Å². The Morgan fingerprint density at radius 2 is 1.51 bits per heavy atom. The summed E-state index contributed by atoms with van der Waals surface area (Å²) in [6.07, 6.45) is 0.439. The van der Waals surface area contributed by atoms with Crippen LogP contribution in [0.2, 0.25) is 0 Å². The quantitative estimate of drug-likeness (QED) is 0.417. The van der Waals surface area contributed by atoms with E-state index in [0.29, 0.717) is 24.3 Å². The fraction of sp³-hybridized carbons (Fsp3) is 0.423. The topological polar surface area (TPSA) is 123 Å². The number of rotatable bonds is 11. The molecule has 2 rings (SSSR count). The van der Waals surface area contributed by atoms with Gasteiger partial charge in [-0.15, -0.1) is 0 Å². The molecule has 0 aromatic heterocycles. The van der Waals surface area contributed by atoms with Gasteiger partial charge >= 0.3 is 12.1 Å². The Balaban J connectivity index is 1.99. The molecule has 0 spiro atoms. The Morgan fingerprint density at radius 3 is 2.03 bits per heavy atom. The van der Waals surface area contributed by atoms with Crippen LogP contribution in [-0.4, -0.2) is 55.0 Å². The van der Waals surface area contributed by atoms with Crippen molar-refractivity contribution in [1.82, 2.24) is 10.6 Å². The van der Waals surface area contributed by atoms with E-state index in [0.717, 1.165) is 11.1 Å². The number of aliphatic hydroxyl groups is 1. The molecule has 190 valence electrons. The molecule has 9 nitrogen and oxygen atoms in total. The minimum Gasteiger partial charge on any atom is -0.469 e. The van der Waals surface area contributed by atoms with Gasteiger partial charge in [0.05, 0.1) is 13.7 Å². The van der Waals surface area contributed by atoms with E-state index >= 15 is 0 Å². The molecule has 3 N–H and O–H groups in total. The summed E-state index contributed by atoms with van der Waals surface area (Å²) in [5, 5.41) is 14.2. The van der Waals surface area contributed by atoms with Crippen molar-refractivity contribution in [3.05, 3.63) is 59.7 Å². The molecule has 35 heavy (non-hydrogen) atoms. The molecule has 2 amide bonds. The van der Waals surface area contributed by atoms with E-state index in [1.54, 1.807) is 32.9 Å². The lowest BCUT2D eigenvalue weighted by Gasteiger charge is -2.23. The van der Waals surface area contributed by atoms with Crippen molar-refractivity contribution < 1.29 is 33.7 Å². The molecule has 0 saturated carbocycles. The number of esters is 1. The molecule has 0 bridgehead atoms. The van der Waals surface area contributed by atoms with E-state index < -0.39 is 23.6 Å². The number of alkyl carbamates (subject to hydrolysis) is 1. The smallest absolute Gasteiger partial charge is 0.408 e. The van der Waals surface area contributed by atoms with Gasteiger partial charge in [0.25, 0.3) is 0 Å². The number of amides is 2. The summed E-state index contributed by atoms with van der Waals surface area (Å²) in [6, 6.07) is 13.7. The molecule has 0 fully saturated rings. The highest BCUT2D eigenvalue weighted by atomic mass is 16.6. The fourth-order valence-corrected chi connectivity index (χ4v) is 3.10. The number of methoxy groups -OCH3 is 1. The van der Waals surface area contributed by atoms with Crippen LogP contribution in [0.5, 0.6) is 11.5 Å². The standard InChI is InChI=1S/C26H34N2O7/c1-26(2,3)35-25(32)28-22(24(31)27-15-16-29)17-19-7-12-21(13-8-19)34-20-10-5-18(6-11-20)9-14-23(30)33-4/h5-8,10-13,22,29H,9,14-17H2,1-4H3,(H,27,31)(H,28,32)/t22-/m0/s1. The summed E-state index contributed by atoms with van der Waals surface area (Å²) in [6.45, 7) is 5.09. The van der Waals surface area contributed by atoms with E-state index in [9.17, 15) is 14.4 Å². The molecular formula is C26H34N2O7. The molecule has 0 saturated heterocycles. The zero-order valence-electron chi connectivity index (χ0n) is 20.6. The van der Waals surface area contributed by atoms with Gasteiger partial charge in [-0.05, 0) is 62.6 Å². The SMILES string of the molecule is COC(=O)CCc1ccc(Oc2ccc(C[C@H](NC(=O)OC(C)(C)C)C(=O)NCCO)cc2)cc1. The number of aliphatic hydroxyl groups excluding tert-OH is 1. The van der Waals surface area contributed by atoms with E-state index in [1.165, 1.54) is 7.11 Å². The average molecular weight is 487 g/mol. The van der Waals surface area contributed by atoms with E-state index in [1.807, 2.05) is 36.4 Å². The summed E-state index contributed by atoms with van der Waals surface area (Å²) < 4.78 is 15.8. The van der Waals surface area contributed by atoms with Crippen molar-refractivity contribution in [1.29, 1.82) is 0 Å². The normalized spacial score (nSPS) is 11.8. The predicted molar refractivity (Wildman–Crippen MR) is 130 cm³/mol. The van der Waals surface area contributed by atoms with Crippen molar-refractivity contribution in [2.75, 3.05) is 20.3 Å². The van der Waals surface area contributed by atoms with Gasteiger partial charge in [-0.2, -0.15) is 0 Å². The van der Waals surface area contributed by atoms with E-state index in [4.69, 9.17) is 14.6 Å². The monoisotopic (exact) mass is 486 g/mol. The van der Waals surface area contributed by atoms with Crippen molar-refractivity contribution in [3.8, 4) is 11.5 Å². The Hall–Kier alpha value is -3.59. The van der Waals surface area contributed by atoms with Crippen LogP contribution in [0.25, 0.3) is 0 Å². The maximum atomic E-state index is 12.5.